The highest BCUT2D eigenvalue weighted by atomic mass is 31.4. The van der Waals surface area contributed by atoms with Gasteiger partial charge < -0.3 is 0 Å². The molecule has 0 aliphatic carbocycles. The molecule has 0 amide bonds. The lowest BCUT2D eigenvalue weighted by molar-refractivity contribution is 1.73. The molecule has 3 aromatic rings. The van der Waals surface area contributed by atoms with Crippen LogP contribution in [0.1, 0.15) is 0 Å². The Morgan fingerprint density at radius 1 is 0.450 bits per heavy atom. The Morgan fingerprint density at radius 2 is 0.700 bits per heavy atom. The molecule has 0 bridgehead atoms. The van der Waals surface area contributed by atoms with Gasteiger partial charge in [0.25, 0.3) is 0 Å². The van der Waals surface area contributed by atoms with E-state index in [0.29, 0.717) is 0 Å². The smallest absolute Gasteiger partial charge is 0.0620 e. The summed E-state index contributed by atoms with van der Waals surface area (Å²) in [7, 11) is 1.14. The largest absolute Gasteiger partial charge is 0.202 e. The predicted octanol–water partition coefficient (Wildman–Crippen LogP) is 2.26. The van der Waals surface area contributed by atoms with E-state index in [1.54, 1.807) is 0 Å². The first-order chi connectivity index (χ1) is 9.82. The molecule has 0 aromatic heterocycles. The van der Waals surface area contributed by atoms with Crippen molar-refractivity contribution in [3.8, 4) is 0 Å². The van der Waals surface area contributed by atoms with Crippen LogP contribution in [0.3, 0.4) is 0 Å². The molecule has 98 valence electrons. The van der Waals surface area contributed by atoms with Gasteiger partial charge in [-0.2, -0.15) is 0 Å². The van der Waals surface area contributed by atoms with Crippen LogP contribution >= 0.6 is 6.81 Å². The van der Waals surface area contributed by atoms with E-state index >= 15 is 0 Å². The molecule has 0 saturated heterocycles. The molecule has 0 fully saturated rings. The number of benzene rings is 3. The summed E-state index contributed by atoms with van der Waals surface area (Å²) in [6.07, 6.45) is 0. The Labute approximate surface area is 124 Å². The quantitative estimate of drug-likeness (QED) is 0.513. The molecule has 0 aliphatic heterocycles. The monoisotopic (exact) mass is 293 g/mol. The van der Waals surface area contributed by atoms with Gasteiger partial charge in [0.1, 0.15) is 0 Å². The molecule has 20 heavy (non-hydrogen) atoms. The highest BCUT2D eigenvalue weighted by Crippen LogP contribution is 2.49. The molecular weight excluding hydrogens is 275 g/mol. The SMILES string of the molecule is [SiH3][P+](c1ccccc1)(c1ccccc1)c1ccccc1. The third-order valence-electron chi connectivity index (χ3n) is 3.82. The maximum Gasteiger partial charge on any atom is 0.202 e. The zero-order valence-corrected chi connectivity index (χ0v) is 14.5. The van der Waals surface area contributed by atoms with Crippen LogP contribution in [0.4, 0.5) is 0 Å². The molecule has 0 aliphatic rings. The van der Waals surface area contributed by atoms with Crippen LogP contribution in [0.2, 0.25) is 0 Å². The highest BCUT2D eigenvalue weighted by Gasteiger charge is 2.38. The second kappa shape index (κ2) is 5.74. The second-order valence-corrected chi connectivity index (χ2v) is 12.6. The molecular formula is C18H18PSi+. The van der Waals surface area contributed by atoms with Gasteiger partial charge in [0, 0.05) is 0 Å². The summed E-state index contributed by atoms with van der Waals surface area (Å²) in [5.74, 6) is 0. The number of rotatable bonds is 3. The molecule has 0 saturated carbocycles. The molecule has 0 radical (unpaired) electrons. The Balaban J connectivity index is 2.24. The molecule has 0 unspecified atom stereocenters. The summed E-state index contributed by atoms with van der Waals surface area (Å²) in [6.45, 7) is -1.39. The zero-order valence-electron chi connectivity index (χ0n) is 11.6. The minimum Gasteiger partial charge on any atom is -0.0620 e. The Hall–Kier alpha value is -1.69. The average molecular weight is 293 g/mol. The van der Waals surface area contributed by atoms with Gasteiger partial charge in [-0.1, -0.05) is 54.6 Å². The van der Waals surface area contributed by atoms with Crippen LogP contribution in [-0.4, -0.2) is 9.91 Å². The van der Waals surface area contributed by atoms with E-state index in [1.165, 1.54) is 15.9 Å². The fourth-order valence-electron chi connectivity index (χ4n) is 2.63. The van der Waals surface area contributed by atoms with E-state index in [1.807, 2.05) is 0 Å². The van der Waals surface area contributed by atoms with Crippen LogP contribution in [0.15, 0.2) is 91.0 Å². The molecule has 3 aromatic carbocycles. The fourth-order valence-corrected chi connectivity index (χ4v) is 8.51. The lowest BCUT2D eigenvalue weighted by atomic mass is 10.4. The summed E-state index contributed by atoms with van der Waals surface area (Å²) in [5.41, 5.74) is 0. The topological polar surface area (TPSA) is 0 Å². The lowest BCUT2D eigenvalue weighted by Crippen LogP contribution is -2.31. The van der Waals surface area contributed by atoms with Crippen molar-refractivity contribution in [2.75, 3.05) is 0 Å². The third-order valence-corrected chi connectivity index (χ3v) is 12.5. The molecule has 0 spiro atoms. The third kappa shape index (κ3) is 2.35. The van der Waals surface area contributed by atoms with Gasteiger partial charge in [0.15, 0.2) is 0 Å². The summed E-state index contributed by atoms with van der Waals surface area (Å²) in [5, 5.41) is 4.47. The van der Waals surface area contributed by atoms with Crippen molar-refractivity contribution in [1.29, 1.82) is 0 Å². The maximum atomic E-state index is 2.29. The summed E-state index contributed by atoms with van der Waals surface area (Å²) < 4.78 is 0. The van der Waals surface area contributed by atoms with Crippen molar-refractivity contribution in [3.05, 3.63) is 91.0 Å². The van der Waals surface area contributed by atoms with Crippen molar-refractivity contribution < 1.29 is 0 Å². The molecule has 0 atom stereocenters. The Morgan fingerprint density at radius 3 is 0.950 bits per heavy atom. The molecule has 3 rings (SSSR count). The Bertz CT molecular complexity index is 569. The van der Waals surface area contributed by atoms with E-state index in [-0.39, 0.29) is 0 Å². The van der Waals surface area contributed by atoms with E-state index in [9.17, 15) is 0 Å². The van der Waals surface area contributed by atoms with Crippen molar-refractivity contribution in [2.45, 2.75) is 0 Å². The maximum absolute atomic E-state index is 2.29. The summed E-state index contributed by atoms with van der Waals surface area (Å²) >= 11 is 0. The van der Waals surface area contributed by atoms with Crippen LogP contribution in [0, 0.1) is 0 Å². The minimum atomic E-state index is -1.39. The van der Waals surface area contributed by atoms with Crippen LogP contribution in [-0.2, 0) is 0 Å². The van der Waals surface area contributed by atoms with Gasteiger partial charge in [-0.05, 0) is 36.4 Å². The first kappa shape index (κ1) is 13.3. The van der Waals surface area contributed by atoms with Gasteiger partial charge in [0.2, 0.25) is 9.91 Å². The zero-order chi connectivity index (χ0) is 13.8. The van der Waals surface area contributed by atoms with Crippen LogP contribution in [0.25, 0.3) is 0 Å². The fraction of sp³-hybridized carbons (Fsp3) is 0. The molecule has 2 heteroatoms. The van der Waals surface area contributed by atoms with Gasteiger partial charge in [0.05, 0.1) is 22.7 Å². The number of hydrogen-bond donors (Lipinski definition) is 0. The van der Waals surface area contributed by atoms with Gasteiger partial charge in [-0.15, -0.1) is 0 Å². The normalized spacial score (nSPS) is 11.4. The van der Waals surface area contributed by atoms with E-state index in [4.69, 9.17) is 0 Å². The number of hydrogen-bond acceptors (Lipinski definition) is 0. The lowest BCUT2D eigenvalue weighted by Gasteiger charge is -2.24. The van der Waals surface area contributed by atoms with Gasteiger partial charge in [-0.3, -0.25) is 0 Å². The Kier molecular flexibility index (Phi) is 3.82. The van der Waals surface area contributed by atoms with Crippen molar-refractivity contribution in [3.63, 3.8) is 0 Å². The van der Waals surface area contributed by atoms with Crippen molar-refractivity contribution in [1.82, 2.24) is 0 Å². The van der Waals surface area contributed by atoms with E-state index in [0.717, 1.165) is 9.91 Å². The highest BCUT2D eigenvalue weighted by molar-refractivity contribution is 8.13. The summed E-state index contributed by atoms with van der Waals surface area (Å²) in [6, 6.07) is 33.0. The van der Waals surface area contributed by atoms with Gasteiger partial charge >= 0.3 is 0 Å². The van der Waals surface area contributed by atoms with Crippen LogP contribution < -0.4 is 15.9 Å². The molecule has 0 nitrogen and oxygen atoms in total. The predicted molar refractivity (Wildman–Crippen MR) is 95.1 cm³/mol. The van der Waals surface area contributed by atoms with Gasteiger partial charge in [-0.25, -0.2) is 0 Å². The van der Waals surface area contributed by atoms with Crippen molar-refractivity contribution >= 4 is 32.6 Å². The molecule has 0 N–H and O–H groups in total. The standard InChI is InChI=1S/C18H18PSi/c20-19(16-10-4-1-5-11-16,17-12-6-2-7-13-17)18-14-8-3-9-15-18/h1-15H,20H3/q+1. The molecule has 0 heterocycles. The first-order valence-electron chi connectivity index (χ1n) is 6.85. The van der Waals surface area contributed by atoms with E-state index < -0.39 is 6.81 Å². The minimum absolute atomic E-state index is 1.14. The summed E-state index contributed by atoms with van der Waals surface area (Å²) in [4.78, 5) is 0. The second-order valence-electron chi connectivity index (χ2n) is 5.01. The van der Waals surface area contributed by atoms with Crippen molar-refractivity contribution in [2.24, 2.45) is 0 Å². The first-order valence-corrected chi connectivity index (χ1v) is 11.8. The average Bonchev–Trinajstić information content (AvgIpc) is 2.56. The van der Waals surface area contributed by atoms with Crippen LogP contribution in [0.5, 0.6) is 0 Å². The van der Waals surface area contributed by atoms with E-state index in [2.05, 4.69) is 91.0 Å².